The lowest BCUT2D eigenvalue weighted by Gasteiger charge is -2.38. The van der Waals surface area contributed by atoms with Crippen molar-refractivity contribution in [3.63, 3.8) is 0 Å². The van der Waals surface area contributed by atoms with E-state index in [-0.39, 0.29) is 24.4 Å². The first-order chi connectivity index (χ1) is 9.92. The van der Waals surface area contributed by atoms with E-state index in [9.17, 15) is 9.59 Å². The maximum absolute atomic E-state index is 12.4. The molecule has 0 aromatic carbocycles. The molecule has 116 valence electrons. The molecule has 1 aliphatic rings. The van der Waals surface area contributed by atoms with Crippen LogP contribution in [0.5, 0.6) is 0 Å². The molecular formula is C14H23N5O2. The maximum Gasteiger partial charge on any atom is 0.244 e. The van der Waals surface area contributed by atoms with Crippen LogP contribution in [-0.4, -0.2) is 71.2 Å². The van der Waals surface area contributed by atoms with Gasteiger partial charge in [0.2, 0.25) is 11.8 Å². The summed E-state index contributed by atoms with van der Waals surface area (Å²) in [6.07, 6.45) is 0. The number of hydrogen-bond donors (Lipinski definition) is 1. The van der Waals surface area contributed by atoms with Crippen molar-refractivity contribution in [3.05, 3.63) is 17.5 Å². The van der Waals surface area contributed by atoms with Gasteiger partial charge in [-0.25, -0.2) is 0 Å². The summed E-state index contributed by atoms with van der Waals surface area (Å²) in [5.74, 6) is -0.0516. The van der Waals surface area contributed by atoms with Gasteiger partial charge < -0.3 is 10.2 Å². The molecule has 0 radical (unpaired) electrons. The van der Waals surface area contributed by atoms with E-state index in [1.165, 1.54) is 0 Å². The fourth-order valence-corrected chi connectivity index (χ4v) is 2.61. The predicted octanol–water partition coefficient (Wildman–Crippen LogP) is -0.611. The molecule has 2 amide bonds. The van der Waals surface area contributed by atoms with E-state index in [0.29, 0.717) is 19.6 Å². The average Bonchev–Trinajstić information content (AvgIpc) is 2.76. The molecule has 1 saturated heterocycles. The summed E-state index contributed by atoms with van der Waals surface area (Å²) in [7, 11) is 3.52. The number of aryl methyl sites for hydroxylation is 2. The van der Waals surface area contributed by atoms with E-state index in [1.54, 1.807) is 16.6 Å². The molecule has 1 aromatic heterocycles. The predicted molar refractivity (Wildman–Crippen MR) is 78.8 cm³/mol. The summed E-state index contributed by atoms with van der Waals surface area (Å²) >= 11 is 0. The van der Waals surface area contributed by atoms with E-state index >= 15 is 0 Å². The Kier molecular flexibility index (Phi) is 4.62. The van der Waals surface area contributed by atoms with Gasteiger partial charge in [0.25, 0.3) is 0 Å². The van der Waals surface area contributed by atoms with Crippen LogP contribution in [0.1, 0.15) is 11.4 Å². The summed E-state index contributed by atoms with van der Waals surface area (Å²) in [6, 6.07) is 1.66. The maximum atomic E-state index is 12.4. The second-order valence-electron chi connectivity index (χ2n) is 5.54. The fraction of sp³-hybridized carbons (Fsp3) is 0.643. The highest BCUT2D eigenvalue weighted by molar-refractivity contribution is 5.83. The lowest BCUT2D eigenvalue weighted by Crippen LogP contribution is -2.58. The van der Waals surface area contributed by atoms with Crippen LogP contribution in [-0.2, 0) is 16.1 Å². The Morgan fingerprint density at radius 2 is 2.10 bits per heavy atom. The molecule has 0 bridgehead atoms. The first-order valence-electron chi connectivity index (χ1n) is 7.13. The van der Waals surface area contributed by atoms with Crippen molar-refractivity contribution < 1.29 is 9.59 Å². The van der Waals surface area contributed by atoms with E-state index < -0.39 is 0 Å². The highest BCUT2D eigenvalue weighted by Crippen LogP contribution is 2.10. The molecule has 1 atom stereocenters. The third-order valence-corrected chi connectivity index (χ3v) is 3.94. The number of carbonyl (C=O) groups excluding carboxylic acids is 2. The number of piperazine rings is 1. The number of nitrogens with zero attached hydrogens (tertiary/aromatic N) is 4. The zero-order valence-electron chi connectivity index (χ0n) is 13.1. The molecule has 1 aliphatic heterocycles. The molecule has 2 heterocycles. The minimum absolute atomic E-state index is 0.00297. The molecule has 7 nitrogen and oxygen atoms in total. The first kappa shape index (κ1) is 15.5. The van der Waals surface area contributed by atoms with Gasteiger partial charge in [-0.15, -0.1) is 0 Å². The highest BCUT2D eigenvalue weighted by atomic mass is 16.2. The molecular weight excluding hydrogens is 270 g/mol. The summed E-state index contributed by atoms with van der Waals surface area (Å²) in [6.45, 7) is 5.83. The molecule has 21 heavy (non-hydrogen) atoms. The van der Waals surface area contributed by atoms with Crippen LogP contribution in [0.4, 0.5) is 0 Å². The van der Waals surface area contributed by atoms with E-state index in [1.807, 2.05) is 31.9 Å². The third kappa shape index (κ3) is 3.41. The SMILES string of the molecule is CNC(=O)[C@H]1CN(C(=O)Cn2nc(C)cc2C)CCN1C. The van der Waals surface area contributed by atoms with Crippen molar-refractivity contribution in [2.45, 2.75) is 26.4 Å². The summed E-state index contributed by atoms with van der Waals surface area (Å²) in [5, 5.41) is 6.96. The Labute approximate surface area is 124 Å². The molecule has 1 aromatic rings. The third-order valence-electron chi connectivity index (χ3n) is 3.94. The van der Waals surface area contributed by atoms with Crippen molar-refractivity contribution in [2.24, 2.45) is 0 Å². The normalized spacial score (nSPS) is 19.6. The van der Waals surface area contributed by atoms with Gasteiger partial charge in [-0.1, -0.05) is 0 Å². The van der Waals surface area contributed by atoms with Crippen LogP contribution >= 0.6 is 0 Å². The van der Waals surface area contributed by atoms with Crippen molar-refractivity contribution in [2.75, 3.05) is 33.7 Å². The van der Waals surface area contributed by atoms with Crippen molar-refractivity contribution in [3.8, 4) is 0 Å². The highest BCUT2D eigenvalue weighted by Gasteiger charge is 2.31. The van der Waals surface area contributed by atoms with Crippen LogP contribution in [0, 0.1) is 13.8 Å². The van der Waals surface area contributed by atoms with Crippen LogP contribution in [0.3, 0.4) is 0 Å². The number of carbonyl (C=O) groups is 2. The summed E-state index contributed by atoms with van der Waals surface area (Å²) in [5.41, 5.74) is 1.87. The minimum Gasteiger partial charge on any atom is -0.358 e. The quantitative estimate of drug-likeness (QED) is 0.807. The summed E-state index contributed by atoms with van der Waals surface area (Å²) < 4.78 is 1.71. The zero-order chi connectivity index (χ0) is 15.6. The smallest absolute Gasteiger partial charge is 0.244 e. The van der Waals surface area contributed by atoms with Crippen LogP contribution in [0.2, 0.25) is 0 Å². The topological polar surface area (TPSA) is 70.5 Å². The Bertz CT molecular complexity index is 539. The van der Waals surface area contributed by atoms with Crippen molar-refractivity contribution in [1.82, 2.24) is 24.9 Å². The fourth-order valence-electron chi connectivity index (χ4n) is 2.61. The first-order valence-corrected chi connectivity index (χ1v) is 7.13. The standard InChI is InChI=1S/C14H23N5O2/c1-10-7-11(2)19(16-10)9-13(20)18-6-5-17(4)12(8-18)14(21)15-3/h7,12H,5-6,8-9H2,1-4H3,(H,15,21)/t12-/m1/s1. The van der Waals surface area contributed by atoms with E-state index in [4.69, 9.17) is 0 Å². The van der Waals surface area contributed by atoms with Gasteiger partial charge in [-0.05, 0) is 27.0 Å². The Hall–Kier alpha value is -1.89. The number of hydrogen-bond acceptors (Lipinski definition) is 4. The van der Waals surface area contributed by atoms with Crippen LogP contribution in [0.25, 0.3) is 0 Å². The Balaban J connectivity index is 2.02. The van der Waals surface area contributed by atoms with Gasteiger partial charge in [0, 0.05) is 32.4 Å². The number of aromatic nitrogens is 2. The van der Waals surface area contributed by atoms with Crippen molar-refractivity contribution >= 4 is 11.8 Å². The Morgan fingerprint density at radius 1 is 1.38 bits per heavy atom. The largest absolute Gasteiger partial charge is 0.358 e. The van der Waals surface area contributed by atoms with Crippen molar-refractivity contribution in [1.29, 1.82) is 0 Å². The van der Waals surface area contributed by atoms with Gasteiger partial charge in [-0.2, -0.15) is 5.10 Å². The van der Waals surface area contributed by atoms with Gasteiger partial charge in [0.1, 0.15) is 12.6 Å². The Morgan fingerprint density at radius 3 is 2.67 bits per heavy atom. The lowest BCUT2D eigenvalue weighted by molar-refractivity contribution is -0.138. The van der Waals surface area contributed by atoms with E-state index in [0.717, 1.165) is 11.4 Å². The van der Waals surface area contributed by atoms with E-state index in [2.05, 4.69) is 10.4 Å². The average molecular weight is 293 g/mol. The molecule has 0 aliphatic carbocycles. The van der Waals surface area contributed by atoms with Crippen LogP contribution in [0.15, 0.2) is 6.07 Å². The molecule has 2 rings (SSSR count). The second-order valence-corrected chi connectivity index (χ2v) is 5.54. The zero-order valence-corrected chi connectivity index (χ0v) is 13.1. The molecule has 0 spiro atoms. The van der Waals surface area contributed by atoms with Gasteiger partial charge >= 0.3 is 0 Å². The minimum atomic E-state index is -0.284. The molecule has 7 heteroatoms. The molecule has 1 N–H and O–H groups in total. The monoisotopic (exact) mass is 293 g/mol. The lowest BCUT2D eigenvalue weighted by atomic mass is 10.1. The molecule has 0 saturated carbocycles. The summed E-state index contributed by atoms with van der Waals surface area (Å²) in [4.78, 5) is 28.0. The van der Waals surface area contributed by atoms with Gasteiger partial charge in [0.15, 0.2) is 0 Å². The van der Waals surface area contributed by atoms with Gasteiger partial charge in [-0.3, -0.25) is 19.2 Å². The number of likely N-dealkylation sites (N-methyl/N-ethyl adjacent to an activating group) is 2. The number of amides is 2. The number of nitrogens with one attached hydrogen (secondary N) is 1. The second kappa shape index (κ2) is 6.26. The van der Waals surface area contributed by atoms with Gasteiger partial charge in [0.05, 0.1) is 5.69 Å². The number of rotatable bonds is 3. The molecule has 0 unspecified atom stereocenters. The van der Waals surface area contributed by atoms with Crippen LogP contribution < -0.4 is 5.32 Å². The molecule has 1 fully saturated rings.